The zero-order valence-electron chi connectivity index (χ0n) is 16.4. The van der Waals surface area contributed by atoms with Gasteiger partial charge in [0.15, 0.2) is 0 Å². The Morgan fingerprint density at radius 2 is 1.83 bits per heavy atom. The minimum atomic E-state index is -0.770. The molecule has 0 saturated carbocycles. The predicted molar refractivity (Wildman–Crippen MR) is 123 cm³/mol. The summed E-state index contributed by atoms with van der Waals surface area (Å²) in [6.45, 7) is 4.21. The molecule has 0 saturated heterocycles. The number of alkyl carbamates (subject to hydrolysis) is 1. The second-order valence-electron chi connectivity index (χ2n) is 7.25. The van der Waals surface area contributed by atoms with Crippen LogP contribution >= 0.6 is 22.6 Å². The van der Waals surface area contributed by atoms with Gasteiger partial charge in [-0.3, -0.25) is 4.79 Å². The first kappa shape index (κ1) is 21.2. The van der Waals surface area contributed by atoms with Crippen molar-refractivity contribution in [2.45, 2.75) is 26.3 Å². The maximum atomic E-state index is 12.9. The molecule has 29 heavy (non-hydrogen) atoms. The van der Waals surface area contributed by atoms with Gasteiger partial charge in [-0.25, -0.2) is 4.79 Å². The molecule has 0 aliphatic heterocycles. The lowest BCUT2D eigenvalue weighted by Gasteiger charge is -2.19. The number of rotatable bonds is 7. The second kappa shape index (κ2) is 9.78. The predicted octanol–water partition coefficient (Wildman–Crippen LogP) is 4.70. The van der Waals surface area contributed by atoms with Gasteiger partial charge in [0.2, 0.25) is 5.91 Å². The van der Waals surface area contributed by atoms with Crippen molar-refractivity contribution in [1.29, 1.82) is 0 Å². The Kier molecular flexibility index (Phi) is 7.13. The lowest BCUT2D eigenvalue weighted by molar-refractivity contribution is -0.118. The molecule has 0 aliphatic carbocycles. The Bertz CT molecular complexity index is 982. The number of carbonyl (C=O) groups is 2. The second-order valence-corrected chi connectivity index (χ2v) is 8.49. The summed E-state index contributed by atoms with van der Waals surface area (Å²) >= 11 is 2.21. The molecule has 1 heterocycles. The smallest absolute Gasteiger partial charge is 0.407 e. The number of ether oxygens (including phenoxy) is 1. The van der Waals surface area contributed by atoms with Gasteiger partial charge in [-0.1, -0.05) is 32.0 Å². The van der Waals surface area contributed by atoms with Crippen molar-refractivity contribution in [2.24, 2.45) is 5.92 Å². The van der Waals surface area contributed by atoms with Crippen molar-refractivity contribution in [1.82, 2.24) is 10.3 Å². The number of hydrogen-bond donors (Lipinski definition) is 3. The van der Waals surface area contributed by atoms with Gasteiger partial charge in [-0.2, -0.15) is 0 Å². The van der Waals surface area contributed by atoms with Crippen LogP contribution in [0, 0.1) is 9.49 Å². The number of nitrogens with one attached hydrogen (secondary N) is 3. The summed E-state index contributed by atoms with van der Waals surface area (Å²) in [7, 11) is 0. The van der Waals surface area contributed by atoms with E-state index in [0.717, 1.165) is 20.0 Å². The number of fused-ring (bicyclic) bond motifs is 1. The normalized spacial score (nSPS) is 12.0. The molecule has 0 radical (unpaired) electrons. The van der Waals surface area contributed by atoms with E-state index in [4.69, 9.17) is 4.74 Å². The van der Waals surface area contributed by atoms with E-state index in [0.29, 0.717) is 18.7 Å². The first-order chi connectivity index (χ1) is 13.9. The van der Waals surface area contributed by atoms with Crippen LogP contribution in [-0.4, -0.2) is 29.6 Å². The van der Waals surface area contributed by atoms with Gasteiger partial charge in [0, 0.05) is 32.8 Å². The summed E-state index contributed by atoms with van der Waals surface area (Å²) in [4.78, 5) is 28.4. The van der Waals surface area contributed by atoms with Crippen LogP contribution < -0.4 is 10.6 Å². The SMILES string of the molecule is CC(C)COC(=O)N[C@@H](Cc1c[nH]c2ccccc12)C(=O)Nc1ccc(I)cc1. The fraction of sp³-hybridized carbons (Fsp3) is 0.273. The van der Waals surface area contributed by atoms with E-state index in [1.165, 1.54) is 0 Å². The van der Waals surface area contributed by atoms with Crippen molar-refractivity contribution in [3.63, 3.8) is 0 Å². The van der Waals surface area contributed by atoms with Crippen LogP contribution in [0.5, 0.6) is 0 Å². The van der Waals surface area contributed by atoms with Crippen molar-refractivity contribution < 1.29 is 14.3 Å². The number of halogens is 1. The highest BCUT2D eigenvalue weighted by atomic mass is 127. The van der Waals surface area contributed by atoms with Crippen molar-refractivity contribution in [3.8, 4) is 0 Å². The Labute approximate surface area is 183 Å². The quantitative estimate of drug-likeness (QED) is 0.407. The van der Waals surface area contributed by atoms with E-state index in [2.05, 4.69) is 38.2 Å². The molecule has 2 aromatic carbocycles. The minimum absolute atomic E-state index is 0.216. The van der Waals surface area contributed by atoms with E-state index >= 15 is 0 Å². The molecule has 0 spiro atoms. The van der Waals surface area contributed by atoms with Crippen LogP contribution in [-0.2, 0) is 16.0 Å². The monoisotopic (exact) mass is 505 g/mol. The number of carbonyl (C=O) groups excluding carboxylic acids is 2. The largest absolute Gasteiger partial charge is 0.449 e. The van der Waals surface area contributed by atoms with Gasteiger partial charge < -0.3 is 20.4 Å². The molecule has 152 valence electrons. The molecule has 2 amide bonds. The van der Waals surface area contributed by atoms with Gasteiger partial charge in [0.05, 0.1) is 6.61 Å². The third kappa shape index (κ3) is 5.96. The third-order valence-electron chi connectivity index (χ3n) is 4.37. The molecular formula is C22H24IN3O3. The topological polar surface area (TPSA) is 83.2 Å². The maximum absolute atomic E-state index is 12.9. The average molecular weight is 505 g/mol. The zero-order valence-corrected chi connectivity index (χ0v) is 18.5. The molecule has 6 nitrogen and oxygen atoms in total. The fourth-order valence-electron chi connectivity index (χ4n) is 2.92. The molecule has 1 atom stereocenters. The number of H-pyrrole nitrogens is 1. The summed E-state index contributed by atoms with van der Waals surface area (Å²) in [5, 5.41) is 6.62. The molecule has 7 heteroatoms. The number of amides is 2. The van der Waals surface area contributed by atoms with Crippen LogP contribution in [0.15, 0.2) is 54.7 Å². The van der Waals surface area contributed by atoms with E-state index in [1.54, 1.807) is 0 Å². The maximum Gasteiger partial charge on any atom is 0.407 e. The summed E-state index contributed by atoms with van der Waals surface area (Å²) < 4.78 is 6.29. The number of hydrogen-bond acceptors (Lipinski definition) is 3. The highest BCUT2D eigenvalue weighted by Crippen LogP contribution is 2.20. The molecule has 3 rings (SSSR count). The van der Waals surface area contributed by atoms with Gasteiger partial charge in [-0.15, -0.1) is 0 Å². The van der Waals surface area contributed by atoms with Crippen LogP contribution in [0.2, 0.25) is 0 Å². The number of aromatic nitrogens is 1. The van der Waals surface area contributed by atoms with Crippen LogP contribution in [0.4, 0.5) is 10.5 Å². The Morgan fingerprint density at radius 3 is 2.55 bits per heavy atom. The number of aromatic amines is 1. The van der Waals surface area contributed by atoms with Crippen molar-refractivity contribution >= 4 is 51.2 Å². The Hall–Kier alpha value is -2.55. The number of benzene rings is 2. The zero-order chi connectivity index (χ0) is 20.8. The lowest BCUT2D eigenvalue weighted by Crippen LogP contribution is -2.45. The molecule has 0 unspecified atom stereocenters. The average Bonchev–Trinajstić information content (AvgIpc) is 3.10. The van der Waals surface area contributed by atoms with Gasteiger partial charge in [0.25, 0.3) is 0 Å². The molecule has 3 aromatic rings. The molecule has 0 bridgehead atoms. The van der Waals surface area contributed by atoms with Crippen molar-refractivity contribution in [3.05, 3.63) is 63.9 Å². The molecule has 0 aliphatic rings. The molecule has 3 N–H and O–H groups in total. The van der Waals surface area contributed by atoms with Gasteiger partial charge in [0.1, 0.15) is 6.04 Å². The van der Waals surface area contributed by atoms with Crippen LogP contribution in [0.1, 0.15) is 19.4 Å². The van der Waals surface area contributed by atoms with E-state index in [9.17, 15) is 9.59 Å². The van der Waals surface area contributed by atoms with Gasteiger partial charge >= 0.3 is 6.09 Å². The number of anilines is 1. The first-order valence-electron chi connectivity index (χ1n) is 9.47. The minimum Gasteiger partial charge on any atom is -0.449 e. The first-order valence-corrected chi connectivity index (χ1v) is 10.5. The highest BCUT2D eigenvalue weighted by Gasteiger charge is 2.23. The fourth-order valence-corrected chi connectivity index (χ4v) is 3.28. The van der Waals surface area contributed by atoms with Crippen molar-refractivity contribution in [2.75, 3.05) is 11.9 Å². The Morgan fingerprint density at radius 1 is 1.10 bits per heavy atom. The van der Waals surface area contributed by atoms with E-state index < -0.39 is 12.1 Å². The summed E-state index contributed by atoms with van der Waals surface area (Å²) in [5.41, 5.74) is 2.62. The number of para-hydroxylation sites is 1. The standard InChI is InChI=1S/C22H24IN3O3/c1-14(2)13-29-22(28)26-20(21(27)25-17-9-7-16(23)8-10-17)11-15-12-24-19-6-4-3-5-18(15)19/h3-10,12,14,20,24H,11,13H2,1-2H3,(H,25,27)(H,26,28)/t20-/m0/s1. The van der Waals surface area contributed by atoms with E-state index in [1.807, 2.05) is 68.6 Å². The van der Waals surface area contributed by atoms with Crippen LogP contribution in [0.3, 0.4) is 0 Å². The lowest BCUT2D eigenvalue weighted by atomic mass is 10.0. The highest BCUT2D eigenvalue weighted by molar-refractivity contribution is 14.1. The molecule has 0 fully saturated rings. The summed E-state index contributed by atoms with van der Waals surface area (Å²) in [6, 6.07) is 14.6. The Balaban J connectivity index is 1.77. The summed E-state index contributed by atoms with van der Waals surface area (Å²) in [6.07, 6.45) is 1.62. The van der Waals surface area contributed by atoms with E-state index in [-0.39, 0.29) is 11.8 Å². The van der Waals surface area contributed by atoms with Gasteiger partial charge in [-0.05, 0) is 64.4 Å². The third-order valence-corrected chi connectivity index (χ3v) is 5.09. The van der Waals surface area contributed by atoms with Crippen LogP contribution in [0.25, 0.3) is 10.9 Å². The molecule has 1 aromatic heterocycles. The molecular weight excluding hydrogens is 481 g/mol. The summed E-state index contributed by atoms with van der Waals surface area (Å²) in [5.74, 6) is -0.0774.